The van der Waals surface area contributed by atoms with Crippen molar-refractivity contribution in [2.45, 2.75) is 25.3 Å². The molecule has 3 rings (SSSR count). The Bertz CT molecular complexity index is 1150. The maximum atomic E-state index is 12.7. The summed E-state index contributed by atoms with van der Waals surface area (Å²) < 4.78 is 33.5. The van der Waals surface area contributed by atoms with Gasteiger partial charge in [-0.25, -0.2) is 13.4 Å². The standard InChI is InChI=1S/C20H23N3O4S2/c1-4-23(5-2)29(25,26)18-9-10-19(24)22(13-18)12-16-14-28-20(21-16)15-7-6-8-17(11-15)27-3/h6-11,13-14H,4-5,12H2,1-3H3. The summed E-state index contributed by atoms with van der Waals surface area (Å²) in [7, 11) is -2.03. The molecule has 0 bridgehead atoms. The molecule has 0 unspecified atom stereocenters. The Morgan fingerprint density at radius 3 is 2.62 bits per heavy atom. The lowest BCUT2D eigenvalue weighted by atomic mass is 10.2. The molecule has 29 heavy (non-hydrogen) atoms. The largest absolute Gasteiger partial charge is 0.497 e. The van der Waals surface area contributed by atoms with Gasteiger partial charge in [0.25, 0.3) is 5.56 Å². The molecule has 0 saturated carbocycles. The number of aromatic nitrogens is 2. The van der Waals surface area contributed by atoms with Crippen LogP contribution in [0.15, 0.2) is 57.7 Å². The van der Waals surface area contributed by atoms with Crippen LogP contribution in [-0.4, -0.2) is 42.5 Å². The fraction of sp³-hybridized carbons (Fsp3) is 0.300. The van der Waals surface area contributed by atoms with Gasteiger partial charge in [-0.05, 0) is 18.2 Å². The van der Waals surface area contributed by atoms with Crippen LogP contribution in [-0.2, 0) is 16.6 Å². The van der Waals surface area contributed by atoms with Crippen LogP contribution in [0.1, 0.15) is 19.5 Å². The zero-order valence-electron chi connectivity index (χ0n) is 16.5. The molecule has 2 heterocycles. The van der Waals surface area contributed by atoms with Gasteiger partial charge in [-0.1, -0.05) is 26.0 Å². The number of ether oxygens (including phenoxy) is 1. The molecule has 0 spiro atoms. The quantitative estimate of drug-likeness (QED) is 0.545. The van der Waals surface area contributed by atoms with Gasteiger partial charge in [0.15, 0.2) is 0 Å². The maximum Gasteiger partial charge on any atom is 0.250 e. The molecule has 0 fully saturated rings. The molecule has 0 saturated heterocycles. The zero-order chi connectivity index (χ0) is 21.0. The topological polar surface area (TPSA) is 81.5 Å². The Hall–Kier alpha value is -2.49. The van der Waals surface area contributed by atoms with E-state index < -0.39 is 10.0 Å². The highest BCUT2D eigenvalue weighted by Gasteiger charge is 2.22. The van der Waals surface area contributed by atoms with Crippen LogP contribution in [0.2, 0.25) is 0 Å². The fourth-order valence-electron chi connectivity index (χ4n) is 2.94. The third-order valence-corrected chi connectivity index (χ3v) is 7.47. The normalized spacial score (nSPS) is 11.7. The van der Waals surface area contributed by atoms with E-state index in [1.54, 1.807) is 21.0 Å². The van der Waals surface area contributed by atoms with E-state index >= 15 is 0 Å². The Morgan fingerprint density at radius 1 is 1.17 bits per heavy atom. The predicted molar refractivity (Wildman–Crippen MR) is 114 cm³/mol. The van der Waals surface area contributed by atoms with E-state index in [-0.39, 0.29) is 17.0 Å². The second kappa shape index (κ2) is 8.89. The highest BCUT2D eigenvalue weighted by atomic mass is 32.2. The lowest BCUT2D eigenvalue weighted by Crippen LogP contribution is -2.32. The molecule has 0 amide bonds. The number of nitrogens with zero attached hydrogens (tertiary/aromatic N) is 3. The van der Waals surface area contributed by atoms with Gasteiger partial charge in [0, 0.05) is 36.3 Å². The van der Waals surface area contributed by atoms with Crippen molar-refractivity contribution >= 4 is 21.4 Å². The molecule has 0 radical (unpaired) electrons. The minimum absolute atomic E-state index is 0.101. The van der Waals surface area contributed by atoms with Crippen LogP contribution in [0.5, 0.6) is 5.75 Å². The van der Waals surface area contributed by atoms with Crippen LogP contribution >= 0.6 is 11.3 Å². The first-order valence-electron chi connectivity index (χ1n) is 9.18. The molecule has 0 aliphatic rings. The SMILES string of the molecule is CCN(CC)S(=O)(=O)c1ccc(=O)n(Cc2csc(-c3cccc(OC)c3)n2)c1. The number of methoxy groups -OCH3 is 1. The minimum Gasteiger partial charge on any atom is -0.497 e. The van der Waals surface area contributed by atoms with Gasteiger partial charge in [-0.3, -0.25) is 4.79 Å². The van der Waals surface area contributed by atoms with Gasteiger partial charge in [-0.2, -0.15) is 4.31 Å². The van der Waals surface area contributed by atoms with Gasteiger partial charge in [0.1, 0.15) is 10.8 Å². The molecule has 154 valence electrons. The molecular formula is C20H23N3O4S2. The smallest absolute Gasteiger partial charge is 0.250 e. The number of pyridine rings is 1. The second-order valence-electron chi connectivity index (χ2n) is 6.30. The third kappa shape index (κ3) is 4.58. The van der Waals surface area contributed by atoms with Crippen LogP contribution < -0.4 is 10.3 Å². The van der Waals surface area contributed by atoms with Crippen molar-refractivity contribution in [2.75, 3.05) is 20.2 Å². The minimum atomic E-state index is -3.64. The maximum absolute atomic E-state index is 12.7. The Morgan fingerprint density at radius 2 is 1.93 bits per heavy atom. The van der Waals surface area contributed by atoms with E-state index in [1.807, 2.05) is 29.6 Å². The van der Waals surface area contributed by atoms with Crippen molar-refractivity contribution in [3.05, 3.63) is 64.0 Å². The predicted octanol–water partition coefficient (Wildman–Crippen LogP) is 3.06. The molecular weight excluding hydrogens is 410 g/mol. The van der Waals surface area contributed by atoms with Crippen LogP contribution in [0.4, 0.5) is 0 Å². The average Bonchev–Trinajstić information content (AvgIpc) is 3.19. The van der Waals surface area contributed by atoms with Gasteiger partial charge in [0.05, 0.1) is 24.2 Å². The van der Waals surface area contributed by atoms with Crippen molar-refractivity contribution in [1.82, 2.24) is 13.9 Å². The van der Waals surface area contributed by atoms with E-state index in [0.29, 0.717) is 18.8 Å². The molecule has 1 aromatic carbocycles. The summed E-state index contributed by atoms with van der Waals surface area (Å²) in [6.07, 6.45) is 1.39. The first kappa shape index (κ1) is 21.2. The number of thiazole rings is 1. The molecule has 0 aliphatic heterocycles. The summed E-state index contributed by atoms with van der Waals surface area (Å²) in [5, 5.41) is 2.67. The fourth-order valence-corrected chi connectivity index (χ4v) is 5.23. The van der Waals surface area contributed by atoms with Gasteiger partial charge >= 0.3 is 0 Å². The van der Waals surface area contributed by atoms with Crippen LogP contribution in [0, 0.1) is 0 Å². The lowest BCUT2D eigenvalue weighted by molar-refractivity contribution is 0.415. The number of hydrogen-bond donors (Lipinski definition) is 0. The van der Waals surface area contributed by atoms with Crippen LogP contribution in [0.25, 0.3) is 10.6 Å². The monoisotopic (exact) mass is 433 g/mol. The van der Waals surface area contributed by atoms with Crippen molar-refractivity contribution in [3.63, 3.8) is 0 Å². The summed E-state index contributed by atoms with van der Waals surface area (Å²) in [4.78, 5) is 17.0. The molecule has 2 aromatic heterocycles. The summed E-state index contributed by atoms with van der Waals surface area (Å²) in [5.74, 6) is 0.741. The summed E-state index contributed by atoms with van der Waals surface area (Å²) in [5.41, 5.74) is 1.33. The molecule has 7 nitrogen and oxygen atoms in total. The third-order valence-electron chi connectivity index (χ3n) is 4.50. The van der Waals surface area contributed by atoms with E-state index in [1.165, 1.54) is 38.5 Å². The first-order valence-corrected chi connectivity index (χ1v) is 11.5. The summed E-state index contributed by atoms with van der Waals surface area (Å²) in [6, 6.07) is 10.2. The van der Waals surface area contributed by atoms with E-state index in [2.05, 4.69) is 4.98 Å². The van der Waals surface area contributed by atoms with Crippen molar-refractivity contribution in [3.8, 4) is 16.3 Å². The Kier molecular flexibility index (Phi) is 6.51. The number of benzene rings is 1. The number of rotatable bonds is 8. The number of hydrogen-bond acceptors (Lipinski definition) is 6. The second-order valence-corrected chi connectivity index (χ2v) is 9.09. The Balaban J connectivity index is 1.89. The highest BCUT2D eigenvalue weighted by Crippen LogP contribution is 2.27. The number of sulfonamides is 1. The Labute approximate surface area is 174 Å². The molecule has 3 aromatic rings. The molecule has 0 N–H and O–H groups in total. The highest BCUT2D eigenvalue weighted by molar-refractivity contribution is 7.89. The van der Waals surface area contributed by atoms with E-state index in [9.17, 15) is 13.2 Å². The van der Waals surface area contributed by atoms with Crippen molar-refractivity contribution < 1.29 is 13.2 Å². The van der Waals surface area contributed by atoms with Crippen LogP contribution in [0.3, 0.4) is 0 Å². The van der Waals surface area contributed by atoms with Crippen molar-refractivity contribution in [1.29, 1.82) is 0 Å². The summed E-state index contributed by atoms with van der Waals surface area (Å²) >= 11 is 1.46. The van der Waals surface area contributed by atoms with Gasteiger partial charge < -0.3 is 9.30 Å². The summed E-state index contributed by atoms with van der Waals surface area (Å²) in [6.45, 7) is 4.50. The average molecular weight is 434 g/mol. The van der Waals surface area contributed by atoms with Crippen molar-refractivity contribution in [2.24, 2.45) is 0 Å². The van der Waals surface area contributed by atoms with E-state index in [4.69, 9.17) is 4.74 Å². The first-order chi connectivity index (χ1) is 13.9. The lowest BCUT2D eigenvalue weighted by Gasteiger charge is -2.18. The van der Waals surface area contributed by atoms with E-state index in [0.717, 1.165) is 16.3 Å². The molecule has 0 aliphatic carbocycles. The molecule has 0 atom stereocenters. The van der Waals surface area contributed by atoms with Gasteiger partial charge in [-0.15, -0.1) is 11.3 Å². The van der Waals surface area contributed by atoms with Gasteiger partial charge in [0.2, 0.25) is 10.0 Å². The zero-order valence-corrected chi connectivity index (χ0v) is 18.2. The molecule has 9 heteroatoms.